The van der Waals surface area contributed by atoms with Crippen molar-refractivity contribution in [2.75, 3.05) is 0 Å². The lowest BCUT2D eigenvalue weighted by Crippen LogP contribution is -2.13. The first-order chi connectivity index (χ1) is 10.4. The van der Waals surface area contributed by atoms with Gasteiger partial charge in [-0.3, -0.25) is 9.59 Å². The molecule has 22 heavy (non-hydrogen) atoms. The van der Waals surface area contributed by atoms with E-state index >= 15 is 0 Å². The summed E-state index contributed by atoms with van der Waals surface area (Å²) < 4.78 is 2.15. The summed E-state index contributed by atoms with van der Waals surface area (Å²) in [6.07, 6.45) is 0. The number of nitrogens with zero attached hydrogens (tertiary/aromatic N) is 4. The van der Waals surface area contributed by atoms with Crippen LogP contribution < -0.4 is 0 Å². The third-order valence-corrected chi connectivity index (χ3v) is 3.79. The Hall–Kier alpha value is -0.840. The third-order valence-electron chi connectivity index (χ3n) is 2.51. The number of aromatic nitrogens is 2. The van der Waals surface area contributed by atoms with Gasteiger partial charge in [-0.1, -0.05) is 12.1 Å². The molecule has 0 aliphatic rings. The van der Waals surface area contributed by atoms with Gasteiger partial charge in [0.2, 0.25) is 0 Å². The fraction of sp³-hybridized carbons (Fsp3) is 0. The van der Waals surface area contributed by atoms with E-state index in [0.717, 1.165) is 5.90 Å². The minimum atomic E-state index is -0.360. The zero-order valence-corrected chi connectivity index (χ0v) is 16.9. The van der Waals surface area contributed by atoms with E-state index < -0.39 is 0 Å². The molecule has 0 saturated heterocycles. The van der Waals surface area contributed by atoms with Crippen LogP contribution in [0.3, 0.4) is 0 Å². The monoisotopic (exact) mass is 554 g/mol. The van der Waals surface area contributed by atoms with Crippen molar-refractivity contribution in [3.05, 3.63) is 47.8 Å². The van der Waals surface area contributed by atoms with Crippen LogP contribution in [0.25, 0.3) is 11.4 Å². The van der Waals surface area contributed by atoms with Gasteiger partial charge < -0.3 is 0 Å². The van der Waals surface area contributed by atoms with Crippen molar-refractivity contribution >= 4 is 76.4 Å². The summed E-state index contributed by atoms with van der Waals surface area (Å²) >= 11 is 12.0. The molecule has 2 rings (SSSR count). The van der Waals surface area contributed by atoms with Gasteiger partial charge in [-0.25, -0.2) is 15.9 Å². The molecule has 0 bridgehead atoms. The van der Waals surface area contributed by atoms with Crippen LogP contribution in [0, 0.1) is 0 Å². The summed E-state index contributed by atoms with van der Waals surface area (Å²) in [4.78, 5) is 32.2. The first kappa shape index (κ1) is 17.5. The molecule has 0 saturated carbocycles. The number of hydrogen-bond acceptors (Lipinski definition) is 4. The molecule has 0 fully saturated rings. The summed E-state index contributed by atoms with van der Waals surface area (Å²) in [5.74, 6) is -0.720. The van der Waals surface area contributed by atoms with Crippen LogP contribution in [0.2, 0.25) is 0 Å². The van der Waals surface area contributed by atoms with E-state index in [1.807, 2.05) is 0 Å². The van der Waals surface area contributed by atoms with E-state index in [2.05, 4.69) is 74.6 Å². The molecule has 0 aliphatic carbocycles. The minimum absolute atomic E-state index is 0.229. The van der Waals surface area contributed by atoms with E-state index in [-0.39, 0.29) is 23.2 Å². The fourth-order valence-corrected chi connectivity index (χ4v) is 2.29. The topological polar surface area (TPSA) is 66.4 Å². The Labute approximate surface area is 160 Å². The number of pyridine rings is 2. The highest BCUT2D eigenvalue weighted by Gasteiger charge is 2.16. The first-order valence-electron chi connectivity index (χ1n) is 5.66. The Morgan fingerprint density at radius 1 is 0.727 bits per heavy atom. The highest BCUT2D eigenvalue weighted by molar-refractivity contribution is 9.21. The second kappa shape index (κ2) is 7.62. The van der Waals surface area contributed by atoms with Crippen molar-refractivity contribution in [2.24, 2.45) is 0 Å². The summed E-state index contributed by atoms with van der Waals surface area (Å²) in [7, 11) is 0. The van der Waals surface area contributed by atoms with Gasteiger partial charge in [-0.05, 0) is 24.3 Å². The van der Waals surface area contributed by atoms with Gasteiger partial charge in [-0.2, -0.15) is 0 Å². The van der Waals surface area contributed by atoms with Crippen LogP contribution in [0.4, 0.5) is 0 Å². The smallest absolute Gasteiger partial charge is 0.265 e. The molecule has 0 N–H and O–H groups in total. The van der Waals surface area contributed by atoms with E-state index in [1.165, 1.54) is 0 Å². The SMILES string of the molecule is O=C(c1cccc(-c2cccc(C(=O)N(Br)Br)n2)n1)N(Br)Br. The molecule has 0 atom stereocenters. The quantitative estimate of drug-likeness (QED) is 0.529. The lowest BCUT2D eigenvalue weighted by Gasteiger charge is -2.08. The molecule has 2 amide bonds. The van der Waals surface area contributed by atoms with E-state index in [9.17, 15) is 9.59 Å². The lowest BCUT2D eigenvalue weighted by atomic mass is 10.2. The van der Waals surface area contributed by atoms with Gasteiger partial charge in [0.05, 0.1) is 76.0 Å². The molecule has 114 valence electrons. The van der Waals surface area contributed by atoms with E-state index in [0.29, 0.717) is 11.4 Å². The molecule has 0 radical (unpaired) electrons. The third kappa shape index (κ3) is 4.12. The van der Waals surface area contributed by atoms with Gasteiger partial charge >= 0.3 is 0 Å². The second-order valence-electron chi connectivity index (χ2n) is 3.89. The summed E-state index contributed by atoms with van der Waals surface area (Å²) in [5.41, 5.74) is 1.43. The molecule has 10 heteroatoms. The van der Waals surface area contributed by atoms with Crippen LogP contribution in [0.15, 0.2) is 36.4 Å². The lowest BCUT2D eigenvalue weighted by molar-refractivity contribution is 0.0928. The number of amides is 2. The molecular weight excluding hydrogens is 552 g/mol. The van der Waals surface area contributed by atoms with E-state index in [1.54, 1.807) is 36.4 Å². The normalized spacial score (nSPS) is 10.2. The summed E-state index contributed by atoms with van der Waals surface area (Å²) in [6, 6.07) is 9.96. The maximum absolute atomic E-state index is 11.9. The summed E-state index contributed by atoms with van der Waals surface area (Å²) in [5, 5.41) is 0. The van der Waals surface area contributed by atoms with Crippen LogP contribution in [0.5, 0.6) is 0 Å². The molecular formula is C12H6Br4N4O2. The highest BCUT2D eigenvalue weighted by Crippen LogP contribution is 2.19. The van der Waals surface area contributed by atoms with Crippen molar-refractivity contribution < 1.29 is 9.59 Å². The Bertz CT molecular complexity index is 662. The van der Waals surface area contributed by atoms with Gasteiger partial charge in [0.25, 0.3) is 11.8 Å². The highest BCUT2D eigenvalue weighted by atomic mass is 79.9. The first-order valence-corrected chi connectivity index (χ1v) is 8.50. The molecule has 6 nitrogen and oxygen atoms in total. The zero-order valence-electron chi connectivity index (χ0n) is 10.6. The number of hydrogen-bond donors (Lipinski definition) is 0. The number of carbonyl (C=O) groups excluding carboxylic acids is 2. The molecule has 0 aliphatic heterocycles. The second-order valence-corrected chi connectivity index (χ2v) is 8.63. The van der Waals surface area contributed by atoms with Crippen molar-refractivity contribution in [3.63, 3.8) is 0 Å². The molecule has 0 spiro atoms. The zero-order chi connectivity index (χ0) is 16.3. The average Bonchev–Trinajstić information content (AvgIpc) is 2.53. The number of rotatable bonds is 3. The molecule has 2 heterocycles. The minimum Gasteiger partial charge on any atom is -0.265 e. The van der Waals surface area contributed by atoms with Gasteiger partial charge in [0.15, 0.2) is 0 Å². The largest absolute Gasteiger partial charge is 0.292 e. The van der Waals surface area contributed by atoms with Crippen LogP contribution >= 0.6 is 64.6 Å². The predicted molar refractivity (Wildman–Crippen MR) is 95.5 cm³/mol. The molecule has 0 aromatic carbocycles. The van der Waals surface area contributed by atoms with Crippen LogP contribution in [0.1, 0.15) is 21.0 Å². The maximum Gasteiger partial charge on any atom is 0.292 e. The molecule has 2 aromatic heterocycles. The Balaban J connectivity index is 2.41. The summed E-state index contributed by atoms with van der Waals surface area (Å²) in [6.45, 7) is 0. The number of halogens is 4. The van der Waals surface area contributed by atoms with Crippen molar-refractivity contribution in [1.29, 1.82) is 0 Å². The molecule has 2 aromatic rings. The van der Waals surface area contributed by atoms with Gasteiger partial charge in [0, 0.05) is 0 Å². The van der Waals surface area contributed by atoms with Crippen LogP contribution in [-0.2, 0) is 0 Å². The Kier molecular flexibility index (Phi) is 6.07. The number of carbonyl (C=O) groups is 2. The maximum atomic E-state index is 11.9. The Morgan fingerprint density at radius 2 is 1.09 bits per heavy atom. The predicted octanol–water partition coefficient (Wildman–Crippen LogP) is 4.27. The van der Waals surface area contributed by atoms with Crippen molar-refractivity contribution in [2.45, 2.75) is 0 Å². The van der Waals surface area contributed by atoms with Crippen molar-refractivity contribution in [3.8, 4) is 11.4 Å². The molecule has 0 unspecified atom stereocenters. The fourth-order valence-electron chi connectivity index (χ4n) is 1.57. The average molecular weight is 558 g/mol. The van der Waals surface area contributed by atoms with Crippen LogP contribution in [-0.4, -0.2) is 27.7 Å². The standard InChI is InChI=1S/C12H6Br4N4O2/c13-19(14)11(21)9-5-1-3-7(17-9)8-4-2-6-10(18-8)12(22)20(15)16/h1-6H. The van der Waals surface area contributed by atoms with Crippen molar-refractivity contribution in [1.82, 2.24) is 15.9 Å². The van der Waals surface area contributed by atoms with Gasteiger partial charge in [0.1, 0.15) is 11.4 Å². The van der Waals surface area contributed by atoms with Gasteiger partial charge in [-0.15, -0.1) is 0 Å². The van der Waals surface area contributed by atoms with E-state index in [4.69, 9.17) is 0 Å². The Morgan fingerprint density at radius 3 is 1.41 bits per heavy atom.